The van der Waals surface area contributed by atoms with Crippen LogP contribution >= 0.6 is 11.6 Å². The lowest BCUT2D eigenvalue weighted by Gasteiger charge is -2.31. The van der Waals surface area contributed by atoms with Gasteiger partial charge in [0.25, 0.3) is 0 Å². The van der Waals surface area contributed by atoms with E-state index < -0.39 is 0 Å². The van der Waals surface area contributed by atoms with Crippen molar-refractivity contribution in [1.29, 1.82) is 0 Å². The van der Waals surface area contributed by atoms with Crippen LogP contribution in [0.5, 0.6) is 5.75 Å². The minimum Gasteiger partial charge on any atom is -0.491 e. The Labute approximate surface area is 132 Å². The molecule has 5 heteroatoms. The molecule has 0 unspecified atom stereocenters. The molecule has 4 nitrogen and oxygen atoms in total. The van der Waals surface area contributed by atoms with Gasteiger partial charge in [-0.3, -0.25) is 4.90 Å². The second-order valence-corrected chi connectivity index (χ2v) is 5.74. The number of hydrogen-bond donors (Lipinski definition) is 1. The third-order valence-corrected chi connectivity index (χ3v) is 4.05. The summed E-state index contributed by atoms with van der Waals surface area (Å²) in [5.74, 6) is 0.763. The zero-order valence-corrected chi connectivity index (χ0v) is 13.2. The van der Waals surface area contributed by atoms with Gasteiger partial charge in [0.1, 0.15) is 12.4 Å². The Morgan fingerprint density at radius 3 is 2.67 bits per heavy atom. The Morgan fingerprint density at radius 1 is 1.19 bits per heavy atom. The van der Waals surface area contributed by atoms with Crippen molar-refractivity contribution in [2.45, 2.75) is 25.4 Å². The Bertz CT molecular complexity index is 409. The summed E-state index contributed by atoms with van der Waals surface area (Å²) in [5, 5.41) is 0.671. The Morgan fingerprint density at radius 2 is 1.95 bits per heavy atom. The zero-order valence-electron chi connectivity index (χ0n) is 12.5. The largest absolute Gasteiger partial charge is 0.491 e. The SMILES string of the molecule is NCCCOC1CCN(CCOc2ccccc2Cl)CC1. The number of hydrogen-bond acceptors (Lipinski definition) is 4. The molecule has 0 radical (unpaired) electrons. The van der Waals surface area contributed by atoms with Crippen LogP contribution in [-0.4, -0.2) is 50.4 Å². The number of benzene rings is 1. The number of para-hydroxylation sites is 1. The standard InChI is InChI=1S/C16H25ClN2O2/c17-15-4-1-2-5-16(15)21-13-11-19-9-6-14(7-10-19)20-12-3-8-18/h1-2,4-5,14H,3,6-13,18H2. The molecule has 1 aromatic rings. The maximum atomic E-state index is 6.06. The van der Waals surface area contributed by atoms with E-state index in [9.17, 15) is 0 Å². The summed E-state index contributed by atoms with van der Waals surface area (Å²) in [6.45, 7) is 5.23. The minimum atomic E-state index is 0.400. The monoisotopic (exact) mass is 312 g/mol. The first-order valence-electron chi connectivity index (χ1n) is 7.71. The van der Waals surface area contributed by atoms with Gasteiger partial charge in [0, 0.05) is 26.2 Å². The van der Waals surface area contributed by atoms with E-state index in [-0.39, 0.29) is 0 Å². The lowest BCUT2D eigenvalue weighted by Crippen LogP contribution is -2.39. The molecule has 1 aromatic carbocycles. The smallest absolute Gasteiger partial charge is 0.137 e. The Balaban J connectivity index is 1.60. The second kappa shape index (κ2) is 9.26. The molecule has 0 spiro atoms. The Kier molecular flexibility index (Phi) is 7.30. The van der Waals surface area contributed by atoms with Crippen molar-refractivity contribution in [3.05, 3.63) is 29.3 Å². The maximum absolute atomic E-state index is 6.06. The van der Waals surface area contributed by atoms with E-state index >= 15 is 0 Å². The van der Waals surface area contributed by atoms with Crippen molar-refractivity contribution >= 4 is 11.6 Å². The molecule has 0 amide bonds. The van der Waals surface area contributed by atoms with Crippen molar-refractivity contribution in [2.24, 2.45) is 5.73 Å². The summed E-state index contributed by atoms with van der Waals surface area (Å²) in [6, 6.07) is 7.59. The molecule has 0 bridgehead atoms. The molecular formula is C16H25ClN2O2. The van der Waals surface area contributed by atoms with Crippen molar-refractivity contribution in [1.82, 2.24) is 4.90 Å². The number of halogens is 1. The molecule has 21 heavy (non-hydrogen) atoms. The summed E-state index contributed by atoms with van der Waals surface area (Å²) >= 11 is 6.06. The average Bonchev–Trinajstić information content (AvgIpc) is 2.51. The molecule has 1 fully saturated rings. The van der Waals surface area contributed by atoms with Gasteiger partial charge in [-0.25, -0.2) is 0 Å². The molecule has 1 aliphatic rings. The van der Waals surface area contributed by atoms with Crippen LogP contribution < -0.4 is 10.5 Å². The molecule has 2 N–H and O–H groups in total. The van der Waals surface area contributed by atoms with Gasteiger partial charge in [0.15, 0.2) is 0 Å². The van der Waals surface area contributed by atoms with Crippen molar-refractivity contribution in [3.63, 3.8) is 0 Å². The highest BCUT2D eigenvalue weighted by atomic mass is 35.5. The fourth-order valence-corrected chi connectivity index (χ4v) is 2.67. The lowest BCUT2D eigenvalue weighted by atomic mass is 10.1. The Hall–Kier alpha value is -0.810. The number of rotatable bonds is 8. The van der Waals surface area contributed by atoms with E-state index in [1.165, 1.54) is 0 Å². The van der Waals surface area contributed by atoms with Crippen LogP contribution in [0.2, 0.25) is 5.02 Å². The fraction of sp³-hybridized carbons (Fsp3) is 0.625. The first kappa shape index (κ1) is 16.6. The predicted molar refractivity (Wildman–Crippen MR) is 86.0 cm³/mol. The van der Waals surface area contributed by atoms with E-state index in [0.29, 0.717) is 24.3 Å². The van der Waals surface area contributed by atoms with Gasteiger partial charge in [-0.1, -0.05) is 23.7 Å². The van der Waals surface area contributed by atoms with Crippen molar-refractivity contribution < 1.29 is 9.47 Å². The van der Waals surface area contributed by atoms with E-state index in [1.807, 2.05) is 24.3 Å². The summed E-state index contributed by atoms with van der Waals surface area (Å²) in [7, 11) is 0. The number of piperidine rings is 1. The molecule has 0 saturated carbocycles. The predicted octanol–water partition coefficient (Wildman–Crippen LogP) is 2.55. The van der Waals surface area contributed by atoms with E-state index in [4.69, 9.17) is 26.8 Å². The van der Waals surface area contributed by atoms with Gasteiger partial charge < -0.3 is 15.2 Å². The molecular weight excluding hydrogens is 288 g/mol. The topological polar surface area (TPSA) is 47.7 Å². The highest BCUT2D eigenvalue weighted by Gasteiger charge is 2.19. The first-order chi connectivity index (χ1) is 10.3. The third kappa shape index (κ3) is 5.83. The van der Waals surface area contributed by atoms with Gasteiger partial charge in [0.05, 0.1) is 11.1 Å². The van der Waals surface area contributed by atoms with Gasteiger partial charge in [-0.05, 0) is 37.9 Å². The molecule has 2 rings (SSSR count). The van der Waals surface area contributed by atoms with Gasteiger partial charge in [-0.2, -0.15) is 0 Å². The molecule has 1 heterocycles. The normalized spacial score (nSPS) is 17.0. The van der Waals surface area contributed by atoms with Crippen LogP contribution in [0, 0.1) is 0 Å². The maximum Gasteiger partial charge on any atom is 0.137 e. The van der Waals surface area contributed by atoms with Gasteiger partial charge in [0.2, 0.25) is 0 Å². The zero-order chi connectivity index (χ0) is 14.9. The van der Waals surface area contributed by atoms with Crippen LogP contribution in [-0.2, 0) is 4.74 Å². The average molecular weight is 313 g/mol. The quantitative estimate of drug-likeness (QED) is 0.749. The number of likely N-dealkylation sites (tertiary alicyclic amines) is 1. The van der Waals surface area contributed by atoms with Crippen molar-refractivity contribution in [3.8, 4) is 5.75 Å². The van der Waals surface area contributed by atoms with Crippen LogP contribution in [0.15, 0.2) is 24.3 Å². The number of ether oxygens (including phenoxy) is 2. The highest BCUT2D eigenvalue weighted by Crippen LogP contribution is 2.23. The summed E-state index contributed by atoms with van der Waals surface area (Å²) in [5.41, 5.74) is 5.47. The third-order valence-electron chi connectivity index (χ3n) is 3.74. The number of nitrogens with two attached hydrogens (primary N) is 1. The van der Waals surface area contributed by atoms with E-state index in [2.05, 4.69) is 4.90 Å². The minimum absolute atomic E-state index is 0.400. The number of nitrogens with zero attached hydrogens (tertiary/aromatic N) is 1. The summed E-state index contributed by atoms with van der Waals surface area (Å²) < 4.78 is 11.5. The van der Waals surface area contributed by atoms with Gasteiger partial charge in [-0.15, -0.1) is 0 Å². The molecule has 0 atom stereocenters. The fourth-order valence-electron chi connectivity index (χ4n) is 2.48. The van der Waals surface area contributed by atoms with Crippen LogP contribution in [0.3, 0.4) is 0 Å². The molecule has 0 aromatic heterocycles. The lowest BCUT2D eigenvalue weighted by molar-refractivity contribution is 0.00517. The molecule has 1 saturated heterocycles. The van der Waals surface area contributed by atoms with E-state index in [1.54, 1.807) is 0 Å². The molecule has 0 aliphatic carbocycles. The summed E-state index contributed by atoms with van der Waals surface area (Å²) in [4.78, 5) is 2.42. The van der Waals surface area contributed by atoms with Crippen molar-refractivity contribution in [2.75, 3.05) is 39.4 Å². The van der Waals surface area contributed by atoms with Crippen LogP contribution in [0.1, 0.15) is 19.3 Å². The first-order valence-corrected chi connectivity index (χ1v) is 8.08. The van der Waals surface area contributed by atoms with Crippen LogP contribution in [0.25, 0.3) is 0 Å². The summed E-state index contributed by atoms with van der Waals surface area (Å²) in [6.07, 6.45) is 3.54. The highest BCUT2D eigenvalue weighted by molar-refractivity contribution is 6.32. The second-order valence-electron chi connectivity index (χ2n) is 5.33. The molecule has 1 aliphatic heterocycles. The van der Waals surface area contributed by atoms with E-state index in [0.717, 1.165) is 51.3 Å². The molecule has 118 valence electrons. The van der Waals surface area contributed by atoms with Gasteiger partial charge >= 0.3 is 0 Å². The van der Waals surface area contributed by atoms with Crippen LogP contribution in [0.4, 0.5) is 0 Å².